The van der Waals surface area contributed by atoms with Crippen LogP contribution >= 0.6 is 0 Å². The summed E-state index contributed by atoms with van der Waals surface area (Å²) in [6.07, 6.45) is -1.51. The fraction of sp³-hybridized carbons (Fsp3) is 0.500. The van der Waals surface area contributed by atoms with E-state index < -0.39 is 22.6 Å². The number of aliphatic hydroxyl groups excluding tert-OH is 2. The van der Waals surface area contributed by atoms with Crippen molar-refractivity contribution in [3.63, 3.8) is 0 Å². The number of β-amino-alcohol motifs (C(OH)–C–C–N with tert-alkyl or cyclic N) is 2. The van der Waals surface area contributed by atoms with E-state index >= 15 is 0 Å². The molecular formula is C24H43N3O10S. The molecule has 38 heavy (non-hydrogen) atoms. The van der Waals surface area contributed by atoms with E-state index in [1.54, 1.807) is 0 Å². The SMILES string of the molecule is CC(C)(C)NCC(O)c1cc(O)cc(O)c1.CC(C)(C)NCC(O)c1cc(O)cc(O)c1.N.O=S(=O)(O)O. The second kappa shape index (κ2) is 15.7. The Labute approximate surface area is 224 Å². The predicted molar refractivity (Wildman–Crippen MR) is 144 cm³/mol. The third kappa shape index (κ3) is 20.4. The minimum atomic E-state index is -4.67. The first kappa shape index (κ1) is 37.5. The van der Waals surface area contributed by atoms with Crippen LogP contribution in [0.25, 0.3) is 0 Å². The summed E-state index contributed by atoms with van der Waals surface area (Å²) in [7, 11) is -4.67. The third-order valence-electron chi connectivity index (χ3n) is 4.27. The molecule has 0 amide bonds. The lowest BCUT2D eigenvalue weighted by molar-refractivity contribution is 0.162. The van der Waals surface area contributed by atoms with Gasteiger partial charge in [-0.3, -0.25) is 9.11 Å². The lowest BCUT2D eigenvalue weighted by atomic mass is 10.1. The molecule has 0 aromatic heterocycles. The molecule has 14 heteroatoms. The van der Waals surface area contributed by atoms with Gasteiger partial charge in [-0.05, 0) is 76.9 Å². The van der Waals surface area contributed by atoms with Crippen molar-refractivity contribution in [3.05, 3.63) is 47.5 Å². The zero-order valence-electron chi connectivity index (χ0n) is 22.5. The van der Waals surface area contributed by atoms with Crippen molar-refractivity contribution >= 4 is 10.4 Å². The summed E-state index contributed by atoms with van der Waals surface area (Å²) in [5.41, 5.74) is 0.822. The normalized spacial score (nSPS) is 13.1. The van der Waals surface area contributed by atoms with Crippen molar-refractivity contribution in [2.24, 2.45) is 0 Å². The number of phenols is 4. The molecule has 0 spiro atoms. The topological polar surface area (TPSA) is 255 Å². The van der Waals surface area contributed by atoms with Gasteiger partial charge in [0.05, 0.1) is 12.2 Å². The summed E-state index contributed by atoms with van der Waals surface area (Å²) < 4.78 is 31.6. The molecule has 0 aliphatic rings. The predicted octanol–water partition coefficient (Wildman–Crippen LogP) is 2.55. The smallest absolute Gasteiger partial charge is 0.394 e. The fourth-order valence-corrected chi connectivity index (χ4v) is 2.66. The van der Waals surface area contributed by atoms with Crippen molar-refractivity contribution in [3.8, 4) is 23.0 Å². The summed E-state index contributed by atoms with van der Waals surface area (Å²) in [5.74, 6) is -0.204. The maximum absolute atomic E-state index is 9.85. The van der Waals surface area contributed by atoms with E-state index in [0.717, 1.165) is 0 Å². The van der Waals surface area contributed by atoms with Gasteiger partial charge < -0.3 is 47.4 Å². The van der Waals surface area contributed by atoms with Gasteiger partial charge in [-0.25, -0.2) is 0 Å². The van der Waals surface area contributed by atoms with E-state index in [2.05, 4.69) is 10.6 Å². The van der Waals surface area contributed by atoms with Crippen LogP contribution in [-0.4, -0.2) is 72.3 Å². The molecular weight excluding hydrogens is 522 g/mol. The van der Waals surface area contributed by atoms with Crippen molar-refractivity contribution in [1.82, 2.24) is 16.8 Å². The number of rotatable bonds is 6. The molecule has 0 heterocycles. The highest BCUT2D eigenvalue weighted by molar-refractivity contribution is 7.79. The number of hydrogen-bond acceptors (Lipinski definition) is 11. The molecule has 13 nitrogen and oxygen atoms in total. The number of hydrogen-bond donors (Lipinski definition) is 11. The van der Waals surface area contributed by atoms with E-state index in [-0.39, 0.29) is 40.2 Å². The zero-order valence-corrected chi connectivity index (χ0v) is 23.4. The van der Waals surface area contributed by atoms with Gasteiger partial charge in [0.25, 0.3) is 0 Å². The molecule has 0 radical (unpaired) electrons. The largest absolute Gasteiger partial charge is 0.508 e. The standard InChI is InChI=1S/2C12H19NO3.H3N.H2O4S/c2*1-12(2,3)13-7-11(16)8-4-9(14)6-10(15)5-8;;1-5(2,3)4/h2*4-6,11,13-16H,7H2,1-3H3;1H3;(H2,1,2,3,4). The van der Waals surface area contributed by atoms with Crippen molar-refractivity contribution in [1.29, 1.82) is 0 Å². The Bertz CT molecular complexity index is 964. The fourth-order valence-electron chi connectivity index (χ4n) is 2.66. The number of aliphatic hydroxyl groups is 2. The van der Waals surface area contributed by atoms with E-state index in [1.165, 1.54) is 36.4 Å². The highest BCUT2D eigenvalue weighted by Gasteiger charge is 2.15. The van der Waals surface area contributed by atoms with Gasteiger partial charge >= 0.3 is 10.4 Å². The first-order valence-electron chi connectivity index (χ1n) is 11.2. The molecule has 0 aliphatic carbocycles. The van der Waals surface area contributed by atoms with Crippen LogP contribution in [0.5, 0.6) is 23.0 Å². The van der Waals surface area contributed by atoms with Gasteiger partial charge in [-0.1, -0.05) is 0 Å². The zero-order chi connectivity index (χ0) is 29.2. The van der Waals surface area contributed by atoms with Crippen LogP contribution in [0.2, 0.25) is 0 Å². The average molecular weight is 566 g/mol. The van der Waals surface area contributed by atoms with Crippen molar-refractivity contribution in [2.45, 2.75) is 64.8 Å². The Hall–Kier alpha value is -2.69. The van der Waals surface area contributed by atoms with Gasteiger partial charge in [0, 0.05) is 36.3 Å². The van der Waals surface area contributed by atoms with Crippen molar-refractivity contribution in [2.75, 3.05) is 13.1 Å². The first-order chi connectivity index (χ1) is 16.6. The van der Waals surface area contributed by atoms with Crippen LogP contribution in [0.3, 0.4) is 0 Å². The molecule has 2 aromatic rings. The monoisotopic (exact) mass is 565 g/mol. The van der Waals surface area contributed by atoms with Crippen LogP contribution in [0.4, 0.5) is 0 Å². The Balaban J connectivity index is 0. The Morgan fingerprint density at radius 2 is 0.842 bits per heavy atom. The lowest BCUT2D eigenvalue weighted by Gasteiger charge is -2.23. The molecule has 0 bridgehead atoms. The van der Waals surface area contributed by atoms with Gasteiger partial charge in [-0.15, -0.1) is 0 Å². The van der Waals surface area contributed by atoms with Gasteiger partial charge in [0.15, 0.2) is 0 Å². The number of phenolic OH excluding ortho intramolecular Hbond substituents is 4. The molecule has 2 aromatic carbocycles. The first-order valence-corrected chi connectivity index (χ1v) is 12.6. The molecule has 2 rings (SSSR count). The molecule has 220 valence electrons. The summed E-state index contributed by atoms with van der Waals surface area (Å²) in [6.45, 7) is 12.7. The van der Waals surface area contributed by atoms with Gasteiger partial charge in [-0.2, -0.15) is 8.42 Å². The molecule has 0 aliphatic heterocycles. The summed E-state index contributed by atoms with van der Waals surface area (Å²) in [6, 6.07) is 8.22. The maximum Gasteiger partial charge on any atom is 0.394 e. The minimum Gasteiger partial charge on any atom is -0.508 e. The second-order valence-electron chi connectivity index (χ2n) is 10.3. The number of nitrogens with one attached hydrogen (secondary N) is 2. The van der Waals surface area contributed by atoms with Crippen LogP contribution in [0.15, 0.2) is 36.4 Å². The average Bonchev–Trinajstić information content (AvgIpc) is 2.67. The number of aromatic hydroxyl groups is 4. The van der Waals surface area contributed by atoms with Crippen LogP contribution in [0.1, 0.15) is 64.9 Å². The van der Waals surface area contributed by atoms with Gasteiger partial charge in [0.1, 0.15) is 23.0 Å². The maximum atomic E-state index is 9.85. The highest BCUT2D eigenvalue weighted by Crippen LogP contribution is 2.25. The molecule has 2 atom stereocenters. The summed E-state index contributed by atoms with van der Waals surface area (Å²) in [5, 5.41) is 63.1. The lowest BCUT2D eigenvalue weighted by Crippen LogP contribution is -2.38. The second-order valence-corrected chi connectivity index (χ2v) is 11.2. The van der Waals surface area contributed by atoms with E-state index in [0.29, 0.717) is 24.2 Å². The third-order valence-corrected chi connectivity index (χ3v) is 4.27. The summed E-state index contributed by atoms with van der Waals surface area (Å²) in [4.78, 5) is 0. The quantitative estimate of drug-likeness (QED) is 0.225. The number of benzene rings is 2. The Morgan fingerprint density at radius 3 is 1.03 bits per heavy atom. The highest BCUT2D eigenvalue weighted by atomic mass is 32.3. The van der Waals surface area contributed by atoms with Crippen LogP contribution < -0.4 is 16.8 Å². The van der Waals surface area contributed by atoms with Crippen LogP contribution in [-0.2, 0) is 10.4 Å². The minimum absolute atomic E-state index is 0. The summed E-state index contributed by atoms with van der Waals surface area (Å²) >= 11 is 0. The Kier molecular flexibility index (Phi) is 15.4. The van der Waals surface area contributed by atoms with Gasteiger partial charge in [0.2, 0.25) is 0 Å². The van der Waals surface area contributed by atoms with E-state index in [4.69, 9.17) is 17.5 Å². The molecule has 0 fully saturated rings. The van der Waals surface area contributed by atoms with Crippen LogP contribution in [0, 0.1) is 0 Å². The Morgan fingerprint density at radius 1 is 0.632 bits per heavy atom. The van der Waals surface area contributed by atoms with Crippen molar-refractivity contribution < 1.29 is 48.2 Å². The molecule has 2 unspecified atom stereocenters. The van der Waals surface area contributed by atoms with E-state index in [1.807, 2.05) is 41.5 Å². The van der Waals surface area contributed by atoms with E-state index in [9.17, 15) is 30.6 Å². The molecule has 13 N–H and O–H groups in total. The molecule has 0 saturated carbocycles. The molecule has 0 saturated heterocycles.